The van der Waals surface area contributed by atoms with Crippen molar-refractivity contribution in [3.8, 4) is 10.4 Å². The van der Waals surface area contributed by atoms with Crippen LogP contribution >= 0.6 is 11.3 Å². The fourth-order valence-corrected chi connectivity index (χ4v) is 8.40. The summed E-state index contributed by atoms with van der Waals surface area (Å²) in [6.07, 6.45) is 4.30. The van der Waals surface area contributed by atoms with E-state index in [1.54, 1.807) is 41.4 Å². The van der Waals surface area contributed by atoms with Crippen LogP contribution in [-0.2, 0) is 11.2 Å². The third-order valence-corrected chi connectivity index (χ3v) is 11.3. The van der Waals surface area contributed by atoms with Gasteiger partial charge in [0, 0.05) is 72.2 Å². The molecule has 3 aliphatic rings. The maximum absolute atomic E-state index is 14.2. The number of benzene rings is 3. The van der Waals surface area contributed by atoms with Crippen LogP contribution in [0.25, 0.3) is 10.4 Å². The average molecular weight is 720 g/mol. The Balaban J connectivity index is 0.972. The topological polar surface area (TPSA) is 104 Å². The minimum Gasteiger partial charge on any atom is -0.381 e. The van der Waals surface area contributed by atoms with Crippen LogP contribution in [-0.4, -0.2) is 55.6 Å². The molecule has 5 heterocycles. The standard InChI is InChI=1S/C40H35F2N5O4S/c1-24-18-30(36(43-21-24)46-22-40(23-46)13-16-51-17-14-40)37(48)44-28-9-6-25(7-10-28)39(50)47-15-12-26-19-34(52-35(26)29-4-2-3-5-33(29)47)38(49)45-32-11-8-27(41)20-31(32)42/h2-11,18-21H,12-17,22-23H2,1H3,(H,44,48)(H,45,49). The van der Waals surface area contributed by atoms with Gasteiger partial charge in [-0.05, 0) is 91.9 Å². The van der Waals surface area contributed by atoms with Crippen LogP contribution in [0.15, 0.2) is 85.1 Å². The van der Waals surface area contributed by atoms with Crippen molar-refractivity contribution >= 4 is 51.9 Å². The van der Waals surface area contributed by atoms with Gasteiger partial charge in [-0.15, -0.1) is 11.3 Å². The van der Waals surface area contributed by atoms with Crippen LogP contribution in [0.4, 0.5) is 31.7 Å². The van der Waals surface area contributed by atoms with Gasteiger partial charge in [0.05, 0.1) is 21.8 Å². The zero-order valence-corrected chi connectivity index (χ0v) is 29.2. The lowest BCUT2D eigenvalue weighted by Crippen LogP contribution is -2.59. The Morgan fingerprint density at radius 1 is 0.904 bits per heavy atom. The molecule has 0 atom stereocenters. The zero-order valence-electron chi connectivity index (χ0n) is 28.4. The highest BCUT2D eigenvalue weighted by Crippen LogP contribution is 2.43. The highest BCUT2D eigenvalue weighted by atomic mass is 32.1. The molecule has 2 N–H and O–H groups in total. The first-order valence-electron chi connectivity index (χ1n) is 17.2. The van der Waals surface area contributed by atoms with Gasteiger partial charge in [-0.1, -0.05) is 18.2 Å². The van der Waals surface area contributed by atoms with Gasteiger partial charge in [0.25, 0.3) is 17.7 Å². The number of thiophene rings is 1. The summed E-state index contributed by atoms with van der Waals surface area (Å²) in [6.45, 7) is 5.52. The number of amides is 3. The van der Waals surface area contributed by atoms with Crippen LogP contribution in [0.1, 0.15) is 54.4 Å². The number of para-hydroxylation sites is 1. The number of carbonyl (C=O) groups excluding carboxylic acids is 3. The van der Waals surface area contributed by atoms with E-state index >= 15 is 0 Å². The van der Waals surface area contributed by atoms with E-state index in [9.17, 15) is 23.2 Å². The molecule has 0 aliphatic carbocycles. The van der Waals surface area contributed by atoms with E-state index < -0.39 is 17.5 Å². The predicted octanol–water partition coefficient (Wildman–Crippen LogP) is 7.72. The number of hydrogen-bond donors (Lipinski definition) is 2. The van der Waals surface area contributed by atoms with Crippen molar-refractivity contribution in [1.82, 2.24) is 4.98 Å². The van der Waals surface area contributed by atoms with Crippen LogP contribution in [0.5, 0.6) is 0 Å². The summed E-state index contributed by atoms with van der Waals surface area (Å²) >= 11 is 1.26. The van der Waals surface area contributed by atoms with Crippen molar-refractivity contribution in [3.05, 3.63) is 124 Å². The van der Waals surface area contributed by atoms with Crippen LogP contribution in [0.3, 0.4) is 0 Å². The van der Waals surface area contributed by atoms with E-state index in [1.165, 1.54) is 17.4 Å². The second-order valence-corrected chi connectivity index (χ2v) is 14.7. The van der Waals surface area contributed by atoms with E-state index in [2.05, 4.69) is 20.5 Å². The fourth-order valence-electron chi connectivity index (χ4n) is 7.26. The SMILES string of the molecule is Cc1cnc(N2CC3(CCOCC3)C2)c(C(=O)Nc2ccc(C(=O)N3CCc4cc(C(=O)Nc5ccc(F)cc5F)sc4-c4ccccc43)cc2)c1. The van der Waals surface area contributed by atoms with Crippen LogP contribution in [0.2, 0.25) is 0 Å². The number of anilines is 4. The number of aromatic nitrogens is 1. The minimum atomic E-state index is -0.857. The molecular formula is C40H35F2N5O4S. The largest absolute Gasteiger partial charge is 0.381 e. The van der Waals surface area contributed by atoms with E-state index in [-0.39, 0.29) is 22.9 Å². The Morgan fingerprint density at radius 2 is 1.67 bits per heavy atom. The molecule has 0 radical (unpaired) electrons. The number of nitrogens with one attached hydrogen (secondary N) is 2. The Bertz CT molecular complexity index is 2210. The van der Waals surface area contributed by atoms with Gasteiger partial charge in [-0.3, -0.25) is 14.4 Å². The summed E-state index contributed by atoms with van der Waals surface area (Å²) in [7, 11) is 0. The third-order valence-electron chi connectivity index (χ3n) is 10.0. The van der Waals surface area contributed by atoms with Gasteiger partial charge in [0.1, 0.15) is 17.5 Å². The predicted molar refractivity (Wildman–Crippen MR) is 198 cm³/mol. The van der Waals surface area contributed by atoms with E-state index in [0.29, 0.717) is 46.2 Å². The number of aryl methyl sites for hydroxylation is 1. The molecule has 2 fully saturated rings. The molecule has 264 valence electrons. The van der Waals surface area contributed by atoms with Crippen molar-refractivity contribution in [2.45, 2.75) is 26.2 Å². The first-order chi connectivity index (χ1) is 25.2. The van der Waals surface area contributed by atoms with Gasteiger partial charge < -0.3 is 25.2 Å². The monoisotopic (exact) mass is 719 g/mol. The summed E-state index contributed by atoms with van der Waals surface area (Å²) in [6, 6.07) is 21.0. The second kappa shape index (κ2) is 13.6. The Kier molecular flexibility index (Phi) is 8.80. The molecule has 2 saturated heterocycles. The van der Waals surface area contributed by atoms with Crippen molar-refractivity contribution in [1.29, 1.82) is 0 Å². The molecule has 9 nitrogen and oxygen atoms in total. The molecule has 1 spiro atoms. The quantitative estimate of drug-likeness (QED) is 0.186. The first kappa shape index (κ1) is 33.7. The summed E-state index contributed by atoms with van der Waals surface area (Å²) in [5, 5.41) is 5.53. The molecule has 0 bridgehead atoms. The molecule has 3 aliphatic heterocycles. The van der Waals surface area contributed by atoms with Gasteiger partial charge in [0.15, 0.2) is 0 Å². The molecule has 0 unspecified atom stereocenters. The van der Waals surface area contributed by atoms with Crippen molar-refractivity contribution in [2.75, 3.05) is 53.3 Å². The molecule has 5 aromatic rings. The Labute approximate surface area is 303 Å². The smallest absolute Gasteiger partial charge is 0.265 e. The summed E-state index contributed by atoms with van der Waals surface area (Å²) < 4.78 is 33.1. The third kappa shape index (κ3) is 6.44. The Morgan fingerprint density at radius 3 is 2.44 bits per heavy atom. The van der Waals surface area contributed by atoms with E-state index in [4.69, 9.17) is 4.74 Å². The molecule has 0 saturated carbocycles. The fraction of sp³-hybridized carbons (Fsp3) is 0.250. The molecule has 2 aromatic heterocycles. The number of ether oxygens (including phenoxy) is 1. The number of halogens is 2. The first-order valence-corrected chi connectivity index (χ1v) is 18.0. The number of nitrogens with zero attached hydrogens (tertiary/aromatic N) is 3. The normalized spacial score (nSPS) is 16.0. The maximum atomic E-state index is 14.2. The van der Waals surface area contributed by atoms with E-state index in [1.807, 2.05) is 37.3 Å². The highest BCUT2D eigenvalue weighted by Gasteiger charge is 2.45. The van der Waals surface area contributed by atoms with Crippen molar-refractivity contribution < 1.29 is 27.9 Å². The van der Waals surface area contributed by atoms with Crippen LogP contribution in [0, 0.1) is 24.0 Å². The number of hydrogen-bond acceptors (Lipinski definition) is 7. The molecular weight excluding hydrogens is 685 g/mol. The molecule has 3 aromatic carbocycles. The average Bonchev–Trinajstić information content (AvgIpc) is 3.50. The minimum absolute atomic E-state index is 0.107. The number of rotatable bonds is 6. The maximum Gasteiger partial charge on any atom is 0.265 e. The number of pyridine rings is 1. The molecule has 52 heavy (non-hydrogen) atoms. The lowest BCUT2D eigenvalue weighted by atomic mass is 9.73. The zero-order chi connectivity index (χ0) is 36.0. The lowest BCUT2D eigenvalue weighted by Gasteiger charge is -2.53. The summed E-state index contributed by atoms with van der Waals surface area (Å²) in [5.74, 6) is -1.87. The highest BCUT2D eigenvalue weighted by molar-refractivity contribution is 7.17. The molecule has 8 rings (SSSR count). The van der Waals surface area contributed by atoms with Crippen molar-refractivity contribution in [3.63, 3.8) is 0 Å². The van der Waals surface area contributed by atoms with Gasteiger partial charge >= 0.3 is 0 Å². The summed E-state index contributed by atoms with van der Waals surface area (Å²) in [5.41, 5.74) is 4.94. The Hall–Kier alpha value is -5.46. The number of carbonyl (C=O) groups is 3. The second-order valence-electron chi connectivity index (χ2n) is 13.7. The van der Waals surface area contributed by atoms with Crippen molar-refractivity contribution in [2.24, 2.45) is 5.41 Å². The molecule has 3 amide bonds. The van der Waals surface area contributed by atoms with Gasteiger partial charge in [0.2, 0.25) is 0 Å². The lowest BCUT2D eigenvalue weighted by molar-refractivity contribution is -0.000511. The number of fused-ring (bicyclic) bond motifs is 3. The summed E-state index contributed by atoms with van der Waals surface area (Å²) in [4.78, 5) is 50.4. The van der Waals surface area contributed by atoms with Crippen LogP contribution < -0.4 is 20.4 Å². The van der Waals surface area contributed by atoms with Gasteiger partial charge in [-0.2, -0.15) is 0 Å². The van der Waals surface area contributed by atoms with Gasteiger partial charge in [-0.25, -0.2) is 13.8 Å². The molecule has 12 heteroatoms. The van der Waals surface area contributed by atoms with E-state index in [0.717, 1.165) is 72.8 Å².